The molecule has 0 spiro atoms. The first-order chi connectivity index (χ1) is 13.8. The number of nitrogens with zero attached hydrogens (tertiary/aromatic N) is 2. The highest BCUT2D eigenvalue weighted by Crippen LogP contribution is 2.66. The van der Waals surface area contributed by atoms with E-state index in [0.717, 1.165) is 0 Å². The van der Waals surface area contributed by atoms with Gasteiger partial charge in [0.25, 0.3) is 0 Å². The Morgan fingerprint density at radius 3 is 2.34 bits per heavy atom. The van der Waals surface area contributed by atoms with Gasteiger partial charge in [-0.3, -0.25) is 9.59 Å². The lowest BCUT2D eigenvalue weighted by Crippen LogP contribution is -2.33. The van der Waals surface area contributed by atoms with Gasteiger partial charge in [0.15, 0.2) is 12.0 Å². The van der Waals surface area contributed by atoms with E-state index in [-0.39, 0.29) is 31.5 Å². The molecule has 6 nitrogen and oxygen atoms in total. The summed E-state index contributed by atoms with van der Waals surface area (Å²) in [4.78, 5) is 22.1. The number of carbonyl (C=O) groups excluding carboxylic acids is 2. The van der Waals surface area contributed by atoms with E-state index < -0.39 is 17.4 Å². The van der Waals surface area contributed by atoms with E-state index in [1.807, 2.05) is 6.08 Å². The zero-order valence-electron chi connectivity index (χ0n) is 16.5. The molecule has 0 saturated heterocycles. The summed E-state index contributed by atoms with van der Waals surface area (Å²) in [7, 11) is 0. The molecule has 29 heavy (non-hydrogen) atoms. The van der Waals surface area contributed by atoms with E-state index in [9.17, 15) is 20.1 Å². The molecule has 3 aliphatic rings. The van der Waals surface area contributed by atoms with Crippen LogP contribution < -0.4 is 0 Å². The Balaban J connectivity index is 1.89. The highest BCUT2D eigenvalue weighted by molar-refractivity contribution is 5.66. The van der Waals surface area contributed by atoms with E-state index in [4.69, 9.17) is 9.47 Å². The molecule has 0 aromatic carbocycles. The predicted octanol–water partition coefficient (Wildman–Crippen LogP) is 2.70. The quantitative estimate of drug-likeness (QED) is 0.393. The third kappa shape index (κ3) is 3.82. The third-order valence-corrected chi connectivity index (χ3v) is 5.89. The SMILES string of the molecule is C=C(COC(C)=O)[C@@H]1C(C(C#N)(C#N)CC#CCOC(C)=O)=C[C@H]2C3C=CC1[C@@H]32. The second kappa shape index (κ2) is 7.98. The lowest BCUT2D eigenvalue weighted by atomic mass is 9.64. The maximum absolute atomic E-state index is 11.3. The largest absolute Gasteiger partial charge is 0.461 e. The van der Waals surface area contributed by atoms with Gasteiger partial charge >= 0.3 is 11.9 Å². The summed E-state index contributed by atoms with van der Waals surface area (Å²) >= 11 is 0. The minimum atomic E-state index is -1.44. The van der Waals surface area contributed by atoms with E-state index in [0.29, 0.717) is 28.9 Å². The van der Waals surface area contributed by atoms with Gasteiger partial charge in [0.2, 0.25) is 0 Å². The molecule has 0 aromatic heterocycles. The van der Waals surface area contributed by atoms with Crippen LogP contribution >= 0.6 is 0 Å². The Hall–Kier alpha value is -3.30. The zero-order chi connectivity index (χ0) is 21.2. The van der Waals surface area contributed by atoms with Gasteiger partial charge < -0.3 is 9.47 Å². The number of fused-ring (bicyclic) bond motifs is 1. The minimum absolute atomic E-state index is 0.00291. The average Bonchev–Trinajstić information content (AvgIpc) is 3.20. The third-order valence-electron chi connectivity index (χ3n) is 5.89. The highest BCUT2D eigenvalue weighted by Gasteiger charge is 2.61. The van der Waals surface area contributed by atoms with Crippen molar-refractivity contribution < 1.29 is 19.1 Å². The van der Waals surface area contributed by atoms with Gasteiger partial charge in [-0.1, -0.05) is 36.6 Å². The Labute approximate surface area is 170 Å². The van der Waals surface area contributed by atoms with Crippen molar-refractivity contribution in [3.8, 4) is 24.0 Å². The summed E-state index contributed by atoms with van der Waals surface area (Å²) < 4.78 is 9.93. The van der Waals surface area contributed by atoms with Gasteiger partial charge in [0.05, 0.1) is 12.1 Å². The average molecular weight is 390 g/mol. The molecule has 5 atom stereocenters. The van der Waals surface area contributed by atoms with Crippen LogP contribution in [0, 0.1) is 69.5 Å². The smallest absolute Gasteiger partial charge is 0.303 e. The molecule has 0 radical (unpaired) electrons. The number of hydrogen-bond acceptors (Lipinski definition) is 6. The van der Waals surface area contributed by atoms with Gasteiger partial charge in [0.1, 0.15) is 6.61 Å². The molecular formula is C23H22N2O4. The first-order valence-corrected chi connectivity index (χ1v) is 9.47. The van der Waals surface area contributed by atoms with Crippen molar-refractivity contribution in [2.45, 2.75) is 20.3 Å². The summed E-state index contributed by atoms with van der Waals surface area (Å²) in [6, 6.07) is 4.34. The molecule has 0 amide bonds. The van der Waals surface area contributed by atoms with Gasteiger partial charge in [-0.2, -0.15) is 10.5 Å². The molecule has 1 fully saturated rings. The van der Waals surface area contributed by atoms with E-state index >= 15 is 0 Å². The molecule has 0 aromatic rings. The molecule has 2 unspecified atom stereocenters. The van der Waals surface area contributed by atoms with Crippen LogP contribution in [0.1, 0.15) is 20.3 Å². The molecule has 0 N–H and O–H groups in total. The van der Waals surface area contributed by atoms with Crippen LogP contribution in [0.3, 0.4) is 0 Å². The molecular weight excluding hydrogens is 368 g/mol. The Morgan fingerprint density at radius 1 is 1.07 bits per heavy atom. The van der Waals surface area contributed by atoms with Crippen molar-refractivity contribution in [3.63, 3.8) is 0 Å². The fraction of sp³-hybridized carbons (Fsp3) is 0.478. The first-order valence-electron chi connectivity index (χ1n) is 9.47. The van der Waals surface area contributed by atoms with Gasteiger partial charge in [0, 0.05) is 26.2 Å². The molecule has 148 valence electrons. The highest BCUT2D eigenvalue weighted by atomic mass is 16.5. The summed E-state index contributed by atoms with van der Waals surface area (Å²) in [6.07, 6.45) is 6.37. The topological polar surface area (TPSA) is 100 Å². The van der Waals surface area contributed by atoms with Crippen LogP contribution in [0.25, 0.3) is 0 Å². The lowest BCUT2D eigenvalue weighted by molar-refractivity contribution is -0.140. The Morgan fingerprint density at radius 2 is 1.72 bits per heavy atom. The molecule has 3 rings (SSSR count). The monoisotopic (exact) mass is 390 g/mol. The fourth-order valence-electron chi connectivity index (χ4n) is 4.52. The zero-order valence-corrected chi connectivity index (χ0v) is 16.5. The van der Waals surface area contributed by atoms with Crippen molar-refractivity contribution in [2.75, 3.05) is 13.2 Å². The van der Waals surface area contributed by atoms with Crippen LogP contribution in [-0.2, 0) is 19.1 Å². The molecule has 6 heteroatoms. The predicted molar refractivity (Wildman–Crippen MR) is 103 cm³/mol. The van der Waals surface area contributed by atoms with Crippen molar-refractivity contribution >= 4 is 11.9 Å². The Kier molecular flexibility index (Phi) is 5.62. The standard InChI is InChI=1S/C23H22N2O4/c1-14(11-29-16(3)27)21-18-7-6-17-19(22(17)18)10-20(21)23(12-24,13-25)8-4-5-9-28-15(2)26/h6-7,10,17-19,21-22H,1,8-9,11H2,2-3H3/t17?,18?,19-,21-,22+/m0/s1. The van der Waals surface area contributed by atoms with E-state index in [1.165, 1.54) is 13.8 Å². The second-order valence-corrected chi connectivity index (χ2v) is 7.67. The van der Waals surface area contributed by atoms with Gasteiger partial charge in [-0.25, -0.2) is 0 Å². The number of esters is 2. The summed E-state index contributed by atoms with van der Waals surface area (Å²) in [6.45, 7) is 6.71. The molecule has 1 saturated carbocycles. The second-order valence-electron chi connectivity index (χ2n) is 7.67. The molecule has 0 aliphatic heterocycles. The van der Waals surface area contributed by atoms with Crippen LogP contribution in [0.15, 0.2) is 36.0 Å². The number of hydrogen-bond donors (Lipinski definition) is 0. The normalized spacial score (nSPS) is 27.9. The summed E-state index contributed by atoms with van der Waals surface area (Å²) in [5.41, 5.74) is -0.0661. The maximum Gasteiger partial charge on any atom is 0.303 e. The number of carbonyl (C=O) groups is 2. The molecule has 0 bridgehead atoms. The first kappa shape index (κ1) is 20.4. The van der Waals surface area contributed by atoms with Crippen molar-refractivity contribution in [2.24, 2.45) is 35.0 Å². The van der Waals surface area contributed by atoms with E-state index in [1.54, 1.807) is 0 Å². The van der Waals surface area contributed by atoms with Crippen molar-refractivity contribution in [1.82, 2.24) is 0 Å². The fourth-order valence-corrected chi connectivity index (χ4v) is 4.52. The van der Waals surface area contributed by atoms with E-state index in [2.05, 4.69) is 42.7 Å². The number of rotatable bonds is 6. The number of allylic oxidation sites excluding steroid dienone is 4. The van der Waals surface area contributed by atoms with Crippen LogP contribution in [0.4, 0.5) is 0 Å². The van der Waals surface area contributed by atoms with Crippen LogP contribution in [0.2, 0.25) is 0 Å². The van der Waals surface area contributed by atoms with Crippen molar-refractivity contribution in [1.29, 1.82) is 10.5 Å². The van der Waals surface area contributed by atoms with Gasteiger partial charge in [-0.05, 0) is 34.8 Å². The van der Waals surface area contributed by atoms with Crippen LogP contribution in [-0.4, -0.2) is 25.2 Å². The van der Waals surface area contributed by atoms with Crippen LogP contribution in [0.5, 0.6) is 0 Å². The van der Waals surface area contributed by atoms with Crippen molar-refractivity contribution in [3.05, 3.63) is 36.0 Å². The summed E-state index contributed by atoms with van der Waals surface area (Å²) in [5.74, 6) is 5.78. The summed E-state index contributed by atoms with van der Waals surface area (Å²) in [5, 5.41) is 19.9. The lowest BCUT2D eigenvalue weighted by Gasteiger charge is -2.36. The maximum atomic E-state index is 11.3. The molecule has 0 heterocycles. The van der Waals surface area contributed by atoms with Gasteiger partial charge in [-0.15, -0.1) is 0 Å². The molecule has 3 aliphatic carbocycles. The Bertz CT molecular complexity index is 936. The number of nitriles is 2. The minimum Gasteiger partial charge on any atom is -0.461 e. The number of ether oxygens (including phenoxy) is 2.